The van der Waals surface area contributed by atoms with Gasteiger partial charge in [0.25, 0.3) is 0 Å². The molecule has 0 spiro atoms. The normalized spacial score (nSPS) is 17.3. The third kappa shape index (κ3) is 4.04. The Hall–Kier alpha value is -2.25. The zero-order chi connectivity index (χ0) is 19.8. The number of halogens is 5. The number of hydrogen-bond acceptors (Lipinski definition) is 4. The molecule has 0 fully saturated rings. The van der Waals surface area contributed by atoms with Crippen LogP contribution in [0.15, 0.2) is 47.8 Å². The van der Waals surface area contributed by atoms with E-state index in [2.05, 4.69) is 10.4 Å². The number of hydrazine groups is 1. The third-order valence-corrected chi connectivity index (χ3v) is 4.84. The smallest absolute Gasteiger partial charge is 0.301 e. The van der Waals surface area contributed by atoms with Crippen molar-refractivity contribution in [3.63, 3.8) is 0 Å². The van der Waals surface area contributed by atoms with E-state index in [1.807, 2.05) is 0 Å². The van der Waals surface area contributed by atoms with Gasteiger partial charge in [-0.15, -0.1) is 0 Å². The first kappa shape index (κ1) is 19.5. The largest absolute Gasteiger partial charge is 0.417 e. The topological polar surface area (TPSA) is 45.2 Å². The molecule has 1 aromatic carbocycles. The molecule has 0 saturated heterocycles. The number of anilines is 1. The minimum Gasteiger partial charge on any atom is -0.301 e. The average Bonchev–Trinajstić information content (AvgIpc) is 2.92. The number of aromatic nitrogens is 1. The Morgan fingerprint density at radius 2 is 2.00 bits per heavy atom. The first-order chi connectivity index (χ1) is 12.7. The molecule has 2 heterocycles. The van der Waals surface area contributed by atoms with Crippen molar-refractivity contribution >= 4 is 35.3 Å². The fourth-order valence-electron chi connectivity index (χ4n) is 2.85. The second-order valence-corrected chi connectivity index (χ2v) is 6.87. The highest BCUT2D eigenvalue weighted by Crippen LogP contribution is 2.32. The number of nitrogens with one attached hydrogen (secondary N) is 1. The summed E-state index contributed by atoms with van der Waals surface area (Å²) in [6.07, 6.45) is -2.64. The Morgan fingerprint density at radius 1 is 1.26 bits per heavy atom. The van der Waals surface area contributed by atoms with Gasteiger partial charge in [0.1, 0.15) is 18.1 Å². The lowest BCUT2D eigenvalue weighted by molar-refractivity contribution is -0.137. The number of benzene rings is 1. The van der Waals surface area contributed by atoms with Crippen LogP contribution in [0.4, 0.5) is 19.0 Å². The Balaban J connectivity index is 1.86. The van der Waals surface area contributed by atoms with Crippen LogP contribution in [0.2, 0.25) is 10.0 Å². The van der Waals surface area contributed by atoms with Crippen molar-refractivity contribution in [3.8, 4) is 0 Å². The van der Waals surface area contributed by atoms with Crippen LogP contribution < -0.4 is 10.4 Å². The van der Waals surface area contributed by atoms with E-state index in [0.29, 0.717) is 28.4 Å². The minimum atomic E-state index is -4.47. The molecule has 1 atom stereocenters. The van der Waals surface area contributed by atoms with Crippen LogP contribution in [0.5, 0.6) is 0 Å². The first-order valence-corrected chi connectivity index (χ1v) is 8.64. The van der Waals surface area contributed by atoms with Crippen LogP contribution in [0.1, 0.15) is 18.1 Å². The number of allylic oxidation sites excluding steroid dienone is 1. The summed E-state index contributed by atoms with van der Waals surface area (Å²) in [6, 6.07) is 6.51. The predicted molar refractivity (Wildman–Crippen MR) is 97.6 cm³/mol. The maximum absolute atomic E-state index is 12.7. The molecule has 27 heavy (non-hydrogen) atoms. The van der Waals surface area contributed by atoms with Crippen molar-refractivity contribution in [2.45, 2.75) is 25.6 Å². The molecule has 1 N–H and O–H groups in total. The molecule has 3 rings (SSSR count). The summed E-state index contributed by atoms with van der Waals surface area (Å²) in [5, 5.41) is 2.40. The highest BCUT2D eigenvalue weighted by Gasteiger charge is 2.34. The van der Waals surface area contributed by atoms with Crippen molar-refractivity contribution in [2.24, 2.45) is 0 Å². The van der Waals surface area contributed by atoms with E-state index in [1.165, 1.54) is 11.1 Å². The van der Waals surface area contributed by atoms with Gasteiger partial charge >= 0.3 is 6.18 Å². The third-order valence-electron chi connectivity index (χ3n) is 4.25. The zero-order valence-corrected chi connectivity index (χ0v) is 15.5. The molecular formula is C18H14Cl2F3N3O. The van der Waals surface area contributed by atoms with Gasteiger partial charge in [-0.2, -0.15) is 13.2 Å². The summed E-state index contributed by atoms with van der Waals surface area (Å²) >= 11 is 12.1. The summed E-state index contributed by atoms with van der Waals surface area (Å²) in [5.74, 6) is 0.205. The number of rotatable bonds is 4. The molecule has 9 heteroatoms. The fraction of sp³-hybridized carbons (Fsp3) is 0.222. The molecule has 0 aliphatic carbocycles. The number of alkyl halides is 3. The summed E-state index contributed by atoms with van der Waals surface area (Å²) in [5.41, 5.74) is 4.38. The average molecular weight is 416 g/mol. The van der Waals surface area contributed by atoms with Crippen LogP contribution in [0.25, 0.3) is 0 Å². The lowest BCUT2D eigenvalue weighted by Gasteiger charge is -2.24. The molecule has 0 radical (unpaired) electrons. The van der Waals surface area contributed by atoms with Crippen molar-refractivity contribution in [1.29, 1.82) is 0 Å². The van der Waals surface area contributed by atoms with Gasteiger partial charge in [0.2, 0.25) is 0 Å². The number of hydrogen-bond donors (Lipinski definition) is 1. The Kier molecular flexibility index (Phi) is 5.35. The van der Waals surface area contributed by atoms with Crippen LogP contribution >= 0.6 is 23.2 Å². The van der Waals surface area contributed by atoms with Crippen molar-refractivity contribution in [2.75, 3.05) is 5.01 Å². The molecule has 1 aliphatic heterocycles. The lowest BCUT2D eigenvalue weighted by Crippen LogP contribution is -2.41. The lowest BCUT2D eigenvalue weighted by atomic mass is 9.98. The van der Waals surface area contributed by atoms with Gasteiger partial charge in [-0.3, -0.25) is 5.01 Å². The molecule has 2 aromatic rings. The van der Waals surface area contributed by atoms with Gasteiger partial charge in [-0.1, -0.05) is 29.3 Å². The Morgan fingerprint density at radius 3 is 2.56 bits per heavy atom. The predicted octanol–water partition coefficient (Wildman–Crippen LogP) is 4.82. The highest BCUT2D eigenvalue weighted by atomic mass is 35.5. The maximum Gasteiger partial charge on any atom is 0.417 e. The zero-order valence-electron chi connectivity index (χ0n) is 14.0. The second kappa shape index (κ2) is 7.40. The first-order valence-electron chi connectivity index (χ1n) is 7.88. The maximum atomic E-state index is 12.7. The monoisotopic (exact) mass is 415 g/mol. The van der Waals surface area contributed by atoms with Gasteiger partial charge < -0.3 is 10.2 Å². The van der Waals surface area contributed by atoms with E-state index in [0.717, 1.165) is 23.4 Å². The number of aldehydes is 1. The standard InChI is InChI=1S/C18H14Cl2F3N3O/c1-10-14(6-11-2-4-13(19)7-15(11)20)16(9-27)26(25-10)17-5-3-12(8-24-17)18(21,22)23/h2-5,7-9,16,25H,6H2,1H3. The van der Waals surface area contributed by atoms with E-state index in [-0.39, 0.29) is 5.82 Å². The van der Waals surface area contributed by atoms with Gasteiger partial charge in [-0.05, 0) is 48.7 Å². The summed E-state index contributed by atoms with van der Waals surface area (Å²) < 4.78 is 38.2. The van der Waals surface area contributed by atoms with Crippen LogP contribution in [0.3, 0.4) is 0 Å². The van der Waals surface area contributed by atoms with Crippen molar-refractivity contribution < 1.29 is 18.0 Å². The highest BCUT2D eigenvalue weighted by molar-refractivity contribution is 6.35. The molecule has 1 aliphatic rings. The Bertz CT molecular complexity index is 898. The molecule has 142 valence electrons. The van der Waals surface area contributed by atoms with Gasteiger partial charge in [0, 0.05) is 21.9 Å². The number of nitrogens with zero attached hydrogens (tertiary/aromatic N) is 2. The molecule has 0 saturated carbocycles. The van der Waals surface area contributed by atoms with Crippen LogP contribution in [0, 0.1) is 0 Å². The van der Waals surface area contributed by atoms with E-state index < -0.39 is 17.8 Å². The van der Waals surface area contributed by atoms with E-state index >= 15 is 0 Å². The van der Waals surface area contributed by atoms with Crippen molar-refractivity contribution in [3.05, 3.63) is 69.0 Å². The fourth-order valence-corrected chi connectivity index (χ4v) is 3.32. The van der Waals surface area contributed by atoms with E-state index in [1.54, 1.807) is 25.1 Å². The van der Waals surface area contributed by atoms with Gasteiger partial charge in [0.15, 0.2) is 0 Å². The minimum absolute atomic E-state index is 0.205. The van der Waals surface area contributed by atoms with Crippen LogP contribution in [-0.2, 0) is 17.4 Å². The molecular weight excluding hydrogens is 402 g/mol. The summed E-state index contributed by atoms with van der Waals surface area (Å²) in [4.78, 5) is 15.6. The summed E-state index contributed by atoms with van der Waals surface area (Å²) in [6.45, 7) is 1.78. The molecule has 1 unspecified atom stereocenters. The van der Waals surface area contributed by atoms with Gasteiger partial charge in [-0.25, -0.2) is 4.98 Å². The molecule has 4 nitrogen and oxygen atoms in total. The quantitative estimate of drug-likeness (QED) is 0.727. The second-order valence-electron chi connectivity index (χ2n) is 6.03. The number of carbonyl (C=O) groups is 1. The SMILES string of the molecule is CC1=C(Cc2ccc(Cl)cc2Cl)C(C=O)N(c2ccc(C(F)(F)F)cn2)N1. The van der Waals surface area contributed by atoms with Crippen molar-refractivity contribution in [1.82, 2.24) is 10.4 Å². The molecule has 0 amide bonds. The van der Waals surface area contributed by atoms with E-state index in [4.69, 9.17) is 23.2 Å². The molecule has 1 aromatic heterocycles. The number of pyridine rings is 1. The van der Waals surface area contributed by atoms with E-state index in [9.17, 15) is 18.0 Å². The molecule has 0 bridgehead atoms. The Labute approximate surface area is 163 Å². The summed E-state index contributed by atoms with van der Waals surface area (Å²) in [7, 11) is 0. The van der Waals surface area contributed by atoms with Crippen LogP contribution in [-0.4, -0.2) is 17.3 Å². The van der Waals surface area contributed by atoms with Gasteiger partial charge in [0.05, 0.1) is 5.56 Å². The number of carbonyl (C=O) groups excluding carboxylic acids is 1.